The van der Waals surface area contributed by atoms with Crippen molar-refractivity contribution in [3.05, 3.63) is 29.8 Å². The minimum Gasteiger partial charge on any atom is -0.373 e. The molecule has 1 aromatic carbocycles. The van der Waals surface area contributed by atoms with Crippen LogP contribution >= 0.6 is 0 Å². The Balaban J connectivity index is 2.63. The number of anilines is 1. The van der Waals surface area contributed by atoms with Gasteiger partial charge in [-0.25, -0.2) is 0 Å². The Morgan fingerprint density at radius 1 is 1.31 bits per heavy atom. The van der Waals surface area contributed by atoms with E-state index in [0.717, 1.165) is 0 Å². The van der Waals surface area contributed by atoms with Gasteiger partial charge in [0.15, 0.2) is 11.5 Å². The number of hydrogen-bond donors (Lipinski definition) is 2. The van der Waals surface area contributed by atoms with E-state index in [1.165, 1.54) is 6.07 Å². The van der Waals surface area contributed by atoms with E-state index in [1.807, 2.05) is 0 Å². The van der Waals surface area contributed by atoms with Crippen LogP contribution in [0, 0.1) is 28.6 Å². The molecule has 2 N–H and O–H groups in total. The molecule has 2 rings (SSSR count). The molecule has 1 atom stereocenters. The monoisotopic (exact) mass is 213 g/mol. The molecule has 1 aromatic rings. The first-order chi connectivity index (χ1) is 7.64. The van der Waals surface area contributed by atoms with Gasteiger partial charge in [-0.1, -0.05) is 18.2 Å². The maximum absolute atomic E-state index is 11.6. The Kier molecular flexibility index (Phi) is 2.12. The van der Waals surface area contributed by atoms with E-state index in [0.29, 0.717) is 5.69 Å². The lowest BCUT2D eigenvalue weighted by molar-refractivity contribution is -0.135. The van der Waals surface area contributed by atoms with Crippen molar-refractivity contribution >= 4 is 11.6 Å². The topological polar surface area (TPSA) is 96.9 Å². The van der Waals surface area contributed by atoms with Crippen LogP contribution in [0.4, 0.5) is 5.69 Å². The normalized spacial score (nSPS) is 22.1. The molecule has 1 heterocycles. The Hall–Kier alpha value is -2.37. The number of fused-ring (bicyclic) bond motifs is 1. The minimum absolute atomic E-state index is 0.271. The zero-order valence-electron chi connectivity index (χ0n) is 8.14. The van der Waals surface area contributed by atoms with Crippen LogP contribution in [0.15, 0.2) is 24.3 Å². The van der Waals surface area contributed by atoms with E-state index in [1.54, 1.807) is 30.3 Å². The van der Waals surface area contributed by atoms with Crippen molar-refractivity contribution in [3.8, 4) is 12.1 Å². The lowest BCUT2D eigenvalue weighted by Gasteiger charge is -2.20. The summed E-state index contributed by atoms with van der Waals surface area (Å²) in [5.41, 5.74) is -1.36. The van der Waals surface area contributed by atoms with Crippen LogP contribution in [-0.2, 0) is 10.4 Å². The maximum atomic E-state index is 11.6. The first kappa shape index (κ1) is 10.2. The fraction of sp³-hybridized carbons (Fsp3) is 0.182. The molecule has 0 radical (unpaired) electrons. The molecule has 78 valence electrons. The molecular formula is C11H7N3O2. The molecule has 1 unspecified atom stereocenters. The number of aliphatic hydroxyl groups is 1. The van der Waals surface area contributed by atoms with Crippen LogP contribution < -0.4 is 5.32 Å². The highest BCUT2D eigenvalue weighted by Crippen LogP contribution is 2.40. The van der Waals surface area contributed by atoms with E-state index in [4.69, 9.17) is 10.5 Å². The largest absolute Gasteiger partial charge is 0.373 e. The first-order valence-electron chi connectivity index (χ1n) is 4.57. The molecule has 0 spiro atoms. The van der Waals surface area contributed by atoms with Crippen LogP contribution in [0.25, 0.3) is 0 Å². The Labute approximate surface area is 91.5 Å². The number of carbonyl (C=O) groups is 1. The standard InChI is InChI=1S/C11H7N3O2/c12-5-7(6-13)11(16)8-3-1-2-4-9(8)14-10(11)15/h1-4,7,16H,(H,14,15). The van der Waals surface area contributed by atoms with Crippen LogP contribution in [0.5, 0.6) is 0 Å². The lowest BCUT2D eigenvalue weighted by Crippen LogP contribution is -2.40. The third-order valence-electron chi connectivity index (χ3n) is 2.61. The number of para-hydroxylation sites is 1. The number of nitriles is 2. The number of benzene rings is 1. The third kappa shape index (κ3) is 1.10. The number of nitrogens with zero attached hydrogens (tertiary/aromatic N) is 2. The van der Waals surface area contributed by atoms with E-state index < -0.39 is 17.4 Å². The van der Waals surface area contributed by atoms with Crippen molar-refractivity contribution in [1.82, 2.24) is 0 Å². The summed E-state index contributed by atoms with van der Waals surface area (Å²) in [6.45, 7) is 0. The minimum atomic E-state index is -2.07. The molecule has 0 aliphatic carbocycles. The Morgan fingerprint density at radius 2 is 1.94 bits per heavy atom. The number of carbonyl (C=O) groups excluding carboxylic acids is 1. The average molecular weight is 213 g/mol. The van der Waals surface area contributed by atoms with Crippen LogP contribution in [-0.4, -0.2) is 11.0 Å². The third-order valence-corrected chi connectivity index (χ3v) is 2.61. The Bertz CT molecular complexity index is 527. The molecule has 5 heteroatoms. The molecule has 0 saturated heterocycles. The average Bonchev–Trinajstić information content (AvgIpc) is 2.55. The van der Waals surface area contributed by atoms with Gasteiger partial charge in [0.2, 0.25) is 0 Å². The lowest BCUT2D eigenvalue weighted by atomic mass is 9.84. The van der Waals surface area contributed by atoms with Crippen molar-refractivity contribution in [1.29, 1.82) is 10.5 Å². The van der Waals surface area contributed by atoms with Crippen LogP contribution in [0.2, 0.25) is 0 Å². The second kappa shape index (κ2) is 3.34. The van der Waals surface area contributed by atoms with E-state index in [-0.39, 0.29) is 5.56 Å². The quantitative estimate of drug-likeness (QED) is 0.709. The number of nitrogens with one attached hydrogen (secondary N) is 1. The molecule has 1 aliphatic heterocycles. The molecule has 0 fully saturated rings. The highest BCUT2D eigenvalue weighted by molar-refractivity contribution is 6.05. The maximum Gasteiger partial charge on any atom is 0.263 e. The second-order valence-corrected chi connectivity index (χ2v) is 3.46. The summed E-state index contributed by atoms with van der Waals surface area (Å²) in [5.74, 6) is -2.15. The summed E-state index contributed by atoms with van der Waals surface area (Å²) in [4.78, 5) is 11.6. The summed E-state index contributed by atoms with van der Waals surface area (Å²) >= 11 is 0. The van der Waals surface area contributed by atoms with Crippen LogP contribution in [0.3, 0.4) is 0 Å². The fourth-order valence-electron chi connectivity index (χ4n) is 1.77. The zero-order chi connectivity index (χ0) is 11.8. The summed E-state index contributed by atoms with van der Waals surface area (Å²) < 4.78 is 0. The predicted octanol–water partition coefficient (Wildman–Crippen LogP) is 0.490. The van der Waals surface area contributed by atoms with Crippen molar-refractivity contribution in [3.63, 3.8) is 0 Å². The van der Waals surface area contributed by atoms with E-state index >= 15 is 0 Å². The van der Waals surface area contributed by atoms with Gasteiger partial charge in [0.25, 0.3) is 5.91 Å². The van der Waals surface area contributed by atoms with Crippen molar-refractivity contribution in [2.75, 3.05) is 5.32 Å². The SMILES string of the molecule is N#CC(C#N)C1(O)C(=O)Nc2ccccc21. The fourth-order valence-corrected chi connectivity index (χ4v) is 1.77. The molecule has 16 heavy (non-hydrogen) atoms. The molecular weight excluding hydrogens is 206 g/mol. The first-order valence-corrected chi connectivity index (χ1v) is 4.57. The van der Waals surface area contributed by atoms with Gasteiger partial charge in [0.05, 0.1) is 12.1 Å². The van der Waals surface area contributed by atoms with Gasteiger partial charge >= 0.3 is 0 Å². The molecule has 0 aromatic heterocycles. The zero-order valence-corrected chi connectivity index (χ0v) is 8.14. The Morgan fingerprint density at radius 3 is 2.56 bits per heavy atom. The van der Waals surface area contributed by atoms with Gasteiger partial charge in [-0.05, 0) is 6.07 Å². The highest BCUT2D eigenvalue weighted by Gasteiger charge is 2.51. The van der Waals surface area contributed by atoms with E-state index in [2.05, 4.69) is 5.32 Å². The van der Waals surface area contributed by atoms with Crippen molar-refractivity contribution in [2.24, 2.45) is 5.92 Å². The smallest absolute Gasteiger partial charge is 0.263 e. The van der Waals surface area contributed by atoms with Gasteiger partial charge in [-0.3, -0.25) is 4.79 Å². The summed E-state index contributed by atoms with van der Waals surface area (Å²) in [6.07, 6.45) is 0. The molecule has 1 aliphatic rings. The van der Waals surface area contributed by atoms with Gasteiger partial charge < -0.3 is 10.4 Å². The van der Waals surface area contributed by atoms with Gasteiger partial charge in [-0.15, -0.1) is 0 Å². The molecule has 5 nitrogen and oxygen atoms in total. The molecule has 0 saturated carbocycles. The summed E-state index contributed by atoms with van der Waals surface area (Å²) in [7, 11) is 0. The number of rotatable bonds is 1. The second-order valence-electron chi connectivity index (χ2n) is 3.46. The van der Waals surface area contributed by atoms with Crippen molar-refractivity contribution < 1.29 is 9.90 Å². The number of amides is 1. The summed E-state index contributed by atoms with van der Waals surface area (Å²) in [5, 5.41) is 30.2. The van der Waals surface area contributed by atoms with Gasteiger partial charge in [-0.2, -0.15) is 10.5 Å². The molecule has 0 bridgehead atoms. The van der Waals surface area contributed by atoms with Gasteiger partial charge in [0, 0.05) is 11.3 Å². The van der Waals surface area contributed by atoms with Crippen molar-refractivity contribution in [2.45, 2.75) is 5.60 Å². The number of hydrogen-bond acceptors (Lipinski definition) is 4. The predicted molar refractivity (Wildman–Crippen MR) is 53.7 cm³/mol. The highest BCUT2D eigenvalue weighted by atomic mass is 16.3. The summed E-state index contributed by atoms with van der Waals surface area (Å²) in [6, 6.07) is 9.73. The van der Waals surface area contributed by atoms with Crippen LogP contribution in [0.1, 0.15) is 5.56 Å². The van der Waals surface area contributed by atoms with E-state index in [9.17, 15) is 9.90 Å². The molecule has 1 amide bonds. The van der Waals surface area contributed by atoms with Gasteiger partial charge in [0.1, 0.15) is 0 Å².